The number of nitrogens with two attached hydrogens (primary N) is 1. The number of rotatable bonds is 3. The van der Waals surface area contributed by atoms with E-state index in [0.717, 1.165) is 13.0 Å². The van der Waals surface area contributed by atoms with Gasteiger partial charge in [-0.2, -0.15) is 0 Å². The van der Waals surface area contributed by atoms with Crippen molar-refractivity contribution in [1.82, 2.24) is 4.90 Å². The lowest BCUT2D eigenvalue weighted by Crippen LogP contribution is -2.58. The van der Waals surface area contributed by atoms with E-state index in [0.29, 0.717) is 12.5 Å². The quantitative estimate of drug-likeness (QED) is 0.721. The largest absolute Gasteiger partial charge is 0.481 e. The number of hydrogen-bond acceptors (Lipinski definition) is 3. The summed E-state index contributed by atoms with van der Waals surface area (Å²) in [5, 5.41) is 9.06. The van der Waals surface area contributed by atoms with Crippen LogP contribution in [0.4, 0.5) is 0 Å². The van der Waals surface area contributed by atoms with Gasteiger partial charge in [-0.1, -0.05) is 6.92 Å². The van der Waals surface area contributed by atoms with E-state index in [4.69, 9.17) is 10.8 Å². The predicted molar refractivity (Wildman–Crippen MR) is 57.5 cm³/mol. The molecule has 2 rings (SSSR count). The van der Waals surface area contributed by atoms with Gasteiger partial charge < -0.3 is 10.8 Å². The molecule has 0 aromatic rings. The molecule has 3 atom stereocenters. The van der Waals surface area contributed by atoms with Gasteiger partial charge in [-0.25, -0.2) is 0 Å². The number of carboxylic acid groups (broad SMARTS) is 1. The van der Waals surface area contributed by atoms with E-state index in [2.05, 4.69) is 11.8 Å². The Morgan fingerprint density at radius 3 is 2.60 bits per heavy atom. The molecule has 3 N–H and O–H groups in total. The number of likely N-dealkylation sites (tertiary alicyclic amines) is 1. The van der Waals surface area contributed by atoms with Crippen LogP contribution in [0.2, 0.25) is 0 Å². The van der Waals surface area contributed by atoms with Crippen molar-refractivity contribution in [3.63, 3.8) is 0 Å². The van der Waals surface area contributed by atoms with Gasteiger partial charge in [-0.3, -0.25) is 9.69 Å². The fraction of sp³-hybridized carbons (Fsp3) is 0.909. The minimum atomic E-state index is -0.726. The van der Waals surface area contributed by atoms with Gasteiger partial charge in [0.1, 0.15) is 0 Å². The third-order valence-corrected chi connectivity index (χ3v) is 3.78. The zero-order valence-corrected chi connectivity index (χ0v) is 9.22. The molecular weight excluding hydrogens is 192 g/mol. The number of hydrogen-bond donors (Lipinski definition) is 2. The molecule has 86 valence electrons. The maximum absolute atomic E-state index is 11.0. The third-order valence-electron chi connectivity index (χ3n) is 3.78. The lowest BCUT2D eigenvalue weighted by Gasteiger charge is -2.42. The minimum absolute atomic E-state index is 0.193. The summed E-state index contributed by atoms with van der Waals surface area (Å²) in [5.74, 6) is -1.07. The van der Waals surface area contributed by atoms with Crippen LogP contribution in [0.5, 0.6) is 0 Å². The van der Waals surface area contributed by atoms with Gasteiger partial charge >= 0.3 is 5.97 Å². The summed E-state index contributed by atoms with van der Waals surface area (Å²) in [6, 6.07) is 0.768. The molecule has 4 heteroatoms. The van der Waals surface area contributed by atoms with Gasteiger partial charge in [-0.15, -0.1) is 0 Å². The average molecular weight is 212 g/mol. The Labute approximate surface area is 90.4 Å². The number of carboxylic acids is 1. The maximum Gasteiger partial charge on any atom is 0.308 e. The van der Waals surface area contributed by atoms with Crippen LogP contribution in [0.1, 0.15) is 32.6 Å². The average Bonchev–Trinajstić information content (AvgIpc) is 2.99. The first-order valence-electron chi connectivity index (χ1n) is 5.89. The molecule has 4 nitrogen and oxygen atoms in total. The SMILES string of the molecule is CCC1C(N)C(C(=O)O)CCN1C1CC1. The predicted octanol–water partition coefficient (Wildman–Crippen LogP) is 0.661. The van der Waals surface area contributed by atoms with Gasteiger partial charge in [0.2, 0.25) is 0 Å². The first kappa shape index (κ1) is 10.9. The zero-order valence-electron chi connectivity index (χ0n) is 9.22. The van der Waals surface area contributed by atoms with Crippen molar-refractivity contribution in [1.29, 1.82) is 0 Å². The number of nitrogens with zero attached hydrogens (tertiary/aromatic N) is 1. The second-order valence-corrected chi connectivity index (χ2v) is 4.76. The lowest BCUT2D eigenvalue weighted by atomic mass is 9.84. The van der Waals surface area contributed by atoms with Crippen molar-refractivity contribution < 1.29 is 9.90 Å². The first-order chi connectivity index (χ1) is 7.15. The van der Waals surface area contributed by atoms with Crippen molar-refractivity contribution >= 4 is 5.97 Å². The van der Waals surface area contributed by atoms with E-state index in [-0.39, 0.29) is 18.0 Å². The van der Waals surface area contributed by atoms with E-state index < -0.39 is 5.97 Å². The fourth-order valence-electron chi connectivity index (χ4n) is 2.79. The maximum atomic E-state index is 11.0. The molecule has 0 radical (unpaired) electrons. The van der Waals surface area contributed by atoms with Crippen molar-refractivity contribution in [2.24, 2.45) is 11.7 Å². The molecule has 3 unspecified atom stereocenters. The summed E-state index contributed by atoms with van der Waals surface area (Å²) in [5.41, 5.74) is 6.07. The molecule has 1 heterocycles. The van der Waals surface area contributed by atoms with Crippen LogP contribution in [0, 0.1) is 5.92 Å². The van der Waals surface area contributed by atoms with Crippen LogP contribution in [0.25, 0.3) is 0 Å². The van der Waals surface area contributed by atoms with Crippen LogP contribution in [-0.4, -0.2) is 40.6 Å². The van der Waals surface area contributed by atoms with Gasteiger partial charge in [0.25, 0.3) is 0 Å². The highest BCUT2D eigenvalue weighted by Gasteiger charge is 2.43. The molecule has 2 fully saturated rings. The van der Waals surface area contributed by atoms with E-state index >= 15 is 0 Å². The Morgan fingerprint density at radius 1 is 1.47 bits per heavy atom. The third kappa shape index (κ3) is 2.01. The van der Waals surface area contributed by atoms with Crippen molar-refractivity contribution in [3.8, 4) is 0 Å². The van der Waals surface area contributed by atoms with E-state index in [9.17, 15) is 4.79 Å². The summed E-state index contributed by atoms with van der Waals surface area (Å²) in [7, 11) is 0. The van der Waals surface area contributed by atoms with Crippen LogP contribution in [-0.2, 0) is 4.79 Å². The van der Waals surface area contributed by atoms with Crippen LogP contribution < -0.4 is 5.73 Å². The summed E-state index contributed by atoms with van der Waals surface area (Å²) in [6.45, 7) is 3.01. The topological polar surface area (TPSA) is 66.6 Å². The van der Waals surface area contributed by atoms with Gasteiger partial charge in [-0.05, 0) is 32.2 Å². The van der Waals surface area contributed by atoms with Crippen LogP contribution >= 0.6 is 0 Å². The Kier molecular flexibility index (Phi) is 2.98. The zero-order chi connectivity index (χ0) is 11.0. The van der Waals surface area contributed by atoms with Crippen LogP contribution in [0.3, 0.4) is 0 Å². The molecule has 2 aliphatic rings. The molecule has 1 saturated carbocycles. The molecule has 1 saturated heterocycles. The van der Waals surface area contributed by atoms with Crippen LogP contribution in [0.15, 0.2) is 0 Å². The molecule has 0 bridgehead atoms. The Balaban J connectivity index is 2.06. The molecule has 0 amide bonds. The molecule has 0 aromatic carbocycles. The Morgan fingerprint density at radius 2 is 2.13 bits per heavy atom. The van der Waals surface area contributed by atoms with Crippen molar-refractivity contribution in [3.05, 3.63) is 0 Å². The number of aliphatic carboxylic acids is 1. The Bertz CT molecular complexity index is 253. The molecule has 0 aromatic heterocycles. The first-order valence-corrected chi connectivity index (χ1v) is 5.89. The second-order valence-electron chi connectivity index (χ2n) is 4.76. The van der Waals surface area contributed by atoms with Gasteiger partial charge in [0, 0.05) is 18.1 Å². The number of piperidine rings is 1. The lowest BCUT2D eigenvalue weighted by molar-refractivity contribution is -0.145. The van der Waals surface area contributed by atoms with E-state index in [1.165, 1.54) is 12.8 Å². The molecule has 1 aliphatic heterocycles. The second kappa shape index (κ2) is 4.10. The monoisotopic (exact) mass is 212 g/mol. The smallest absolute Gasteiger partial charge is 0.308 e. The summed E-state index contributed by atoms with van der Waals surface area (Å²) in [4.78, 5) is 13.5. The van der Waals surface area contributed by atoms with Gasteiger partial charge in [0.05, 0.1) is 5.92 Å². The summed E-state index contributed by atoms with van der Waals surface area (Å²) >= 11 is 0. The highest BCUT2D eigenvalue weighted by molar-refractivity contribution is 5.71. The highest BCUT2D eigenvalue weighted by Crippen LogP contribution is 2.35. The normalized spacial score (nSPS) is 37.9. The van der Waals surface area contributed by atoms with E-state index in [1.807, 2.05) is 0 Å². The molecule has 1 aliphatic carbocycles. The summed E-state index contributed by atoms with van der Waals surface area (Å²) < 4.78 is 0. The minimum Gasteiger partial charge on any atom is -0.481 e. The van der Waals surface area contributed by atoms with E-state index in [1.54, 1.807) is 0 Å². The van der Waals surface area contributed by atoms with Crippen molar-refractivity contribution in [2.45, 2.75) is 50.7 Å². The number of carbonyl (C=O) groups is 1. The highest BCUT2D eigenvalue weighted by atomic mass is 16.4. The Hall–Kier alpha value is -0.610. The standard InChI is InChI=1S/C11H20N2O2/c1-2-9-10(12)8(11(14)15)5-6-13(9)7-3-4-7/h7-10H,2-6,12H2,1H3,(H,14,15). The molecule has 15 heavy (non-hydrogen) atoms. The fourth-order valence-corrected chi connectivity index (χ4v) is 2.79. The van der Waals surface area contributed by atoms with Crippen molar-refractivity contribution in [2.75, 3.05) is 6.54 Å². The summed E-state index contributed by atoms with van der Waals surface area (Å²) in [6.07, 6.45) is 4.20. The molecule has 0 spiro atoms. The van der Waals surface area contributed by atoms with Gasteiger partial charge in [0.15, 0.2) is 0 Å². The molecular formula is C11H20N2O2.